The van der Waals surface area contributed by atoms with Gasteiger partial charge < -0.3 is 14.7 Å². The van der Waals surface area contributed by atoms with Gasteiger partial charge in [0, 0.05) is 30.8 Å². The number of aliphatic hydroxyl groups excluding tert-OH is 1. The van der Waals surface area contributed by atoms with Crippen molar-refractivity contribution in [2.24, 2.45) is 0 Å². The quantitative estimate of drug-likeness (QED) is 0.500. The van der Waals surface area contributed by atoms with E-state index in [0.717, 1.165) is 5.56 Å². The summed E-state index contributed by atoms with van der Waals surface area (Å²) in [4.78, 5) is 29.1. The topological polar surface area (TPSA) is 70.1 Å². The SMILES string of the molecule is COc1ccccc1/C=C1\SC(=S)N(CCC(=O)N(CCO)c2ccccc2)C1=O. The number of ether oxygens (including phenoxy) is 1. The van der Waals surface area contributed by atoms with Crippen molar-refractivity contribution < 1.29 is 19.4 Å². The highest BCUT2D eigenvalue weighted by molar-refractivity contribution is 8.26. The molecule has 0 spiro atoms. The largest absolute Gasteiger partial charge is 0.496 e. The van der Waals surface area contributed by atoms with Crippen molar-refractivity contribution in [2.75, 3.05) is 31.7 Å². The van der Waals surface area contributed by atoms with Gasteiger partial charge in [-0.25, -0.2) is 0 Å². The zero-order valence-electron chi connectivity index (χ0n) is 16.5. The number of anilines is 1. The number of nitrogens with zero attached hydrogens (tertiary/aromatic N) is 2. The lowest BCUT2D eigenvalue weighted by Crippen LogP contribution is -2.37. The predicted molar refractivity (Wildman–Crippen MR) is 123 cm³/mol. The van der Waals surface area contributed by atoms with Crippen LogP contribution >= 0.6 is 24.0 Å². The van der Waals surface area contributed by atoms with Crippen LogP contribution in [0.25, 0.3) is 6.08 Å². The smallest absolute Gasteiger partial charge is 0.266 e. The molecule has 6 nitrogen and oxygen atoms in total. The number of carbonyl (C=O) groups excluding carboxylic acids is 2. The summed E-state index contributed by atoms with van der Waals surface area (Å²) in [6.45, 7) is 0.222. The molecule has 0 radical (unpaired) electrons. The van der Waals surface area contributed by atoms with Gasteiger partial charge in [0.1, 0.15) is 10.1 Å². The zero-order valence-corrected chi connectivity index (χ0v) is 18.1. The second kappa shape index (κ2) is 10.4. The van der Waals surface area contributed by atoms with Crippen LogP contribution in [0.5, 0.6) is 5.75 Å². The van der Waals surface area contributed by atoms with Gasteiger partial charge in [-0.05, 0) is 24.3 Å². The van der Waals surface area contributed by atoms with Gasteiger partial charge in [-0.3, -0.25) is 14.5 Å². The van der Waals surface area contributed by atoms with E-state index in [1.54, 1.807) is 13.2 Å². The summed E-state index contributed by atoms with van der Waals surface area (Å²) in [6, 6.07) is 16.6. The Bertz CT molecular complexity index is 963. The van der Waals surface area contributed by atoms with Crippen molar-refractivity contribution in [3.8, 4) is 5.75 Å². The number of rotatable bonds is 8. The number of amides is 2. The molecule has 3 rings (SSSR count). The maximum absolute atomic E-state index is 12.8. The molecule has 1 heterocycles. The molecule has 0 unspecified atom stereocenters. The van der Waals surface area contributed by atoms with Gasteiger partial charge in [0.2, 0.25) is 5.91 Å². The summed E-state index contributed by atoms with van der Waals surface area (Å²) in [6.07, 6.45) is 1.85. The van der Waals surface area contributed by atoms with Crippen molar-refractivity contribution in [1.29, 1.82) is 0 Å². The normalized spacial score (nSPS) is 15.0. The Balaban J connectivity index is 1.69. The number of thioether (sulfide) groups is 1. The third-order valence-corrected chi connectivity index (χ3v) is 5.92. The molecule has 1 N–H and O–H groups in total. The van der Waals surface area contributed by atoms with Crippen molar-refractivity contribution in [3.05, 3.63) is 65.1 Å². The Hall–Kier alpha value is -2.68. The van der Waals surface area contributed by atoms with Crippen molar-refractivity contribution in [1.82, 2.24) is 4.90 Å². The zero-order chi connectivity index (χ0) is 21.5. The maximum Gasteiger partial charge on any atom is 0.266 e. The first-order valence-corrected chi connectivity index (χ1v) is 10.6. The molecule has 0 aliphatic carbocycles. The van der Waals surface area contributed by atoms with Crippen molar-refractivity contribution in [2.45, 2.75) is 6.42 Å². The van der Waals surface area contributed by atoms with Gasteiger partial charge in [0.05, 0.1) is 18.6 Å². The fourth-order valence-corrected chi connectivity index (χ4v) is 4.37. The summed E-state index contributed by atoms with van der Waals surface area (Å²) in [5, 5.41) is 9.33. The highest BCUT2D eigenvalue weighted by atomic mass is 32.2. The molecule has 30 heavy (non-hydrogen) atoms. The minimum Gasteiger partial charge on any atom is -0.496 e. The van der Waals surface area contributed by atoms with E-state index in [4.69, 9.17) is 17.0 Å². The summed E-state index contributed by atoms with van der Waals surface area (Å²) >= 11 is 6.58. The molecule has 1 fully saturated rings. The Morgan fingerprint density at radius 2 is 1.90 bits per heavy atom. The first-order valence-electron chi connectivity index (χ1n) is 9.40. The molecule has 0 aromatic heterocycles. The number of hydrogen-bond acceptors (Lipinski definition) is 6. The van der Waals surface area contributed by atoms with E-state index >= 15 is 0 Å². The van der Waals surface area contributed by atoms with Crippen LogP contribution in [0.4, 0.5) is 5.69 Å². The van der Waals surface area contributed by atoms with Crippen molar-refractivity contribution in [3.63, 3.8) is 0 Å². The summed E-state index contributed by atoms with van der Waals surface area (Å²) in [5.74, 6) is 0.260. The average Bonchev–Trinajstić information content (AvgIpc) is 3.03. The van der Waals surface area contributed by atoms with E-state index in [-0.39, 0.29) is 37.9 Å². The summed E-state index contributed by atoms with van der Waals surface area (Å²) < 4.78 is 5.75. The van der Waals surface area contributed by atoms with E-state index in [2.05, 4.69) is 0 Å². The molecule has 1 saturated heterocycles. The third kappa shape index (κ3) is 5.08. The van der Waals surface area contributed by atoms with Gasteiger partial charge in [-0.1, -0.05) is 60.4 Å². The van der Waals surface area contributed by atoms with Gasteiger partial charge in [-0.2, -0.15) is 0 Å². The molecule has 0 atom stereocenters. The van der Waals surface area contributed by atoms with Crippen LogP contribution in [0.2, 0.25) is 0 Å². The number of aliphatic hydroxyl groups is 1. The molecule has 1 aliphatic rings. The van der Waals surface area contributed by atoms with Crippen LogP contribution < -0.4 is 9.64 Å². The molecule has 1 aliphatic heterocycles. The fourth-order valence-electron chi connectivity index (χ4n) is 3.07. The second-order valence-electron chi connectivity index (χ2n) is 6.43. The molecular weight excluding hydrogens is 420 g/mol. The van der Waals surface area contributed by atoms with E-state index < -0.39 is 0 Å². The standard InChI is InChI=1S/C22H22N2O4S2/c1-28-18-10-6-5-7-16(18)15-19-21(27)24(22(29)30-19)12-11-20(26)23(13-14-25)17-8-3-2-4-9-17/h2-10,15,25H,11-14H2,1H3/b19-15-. The second-order valence-corrected chi connectivity index (χ2v) is 8.11. The highest BCUT2D eigenvalue weighted by Gasteiger charge is 2.32. The first-order chi connectivity index (χ1) is 14.5. The number of thiocarbonyl (C=S) groups is 1. The van der Waals surface area contributed by atoms with E-state index in [1.807, 2.05) is 54.6 Å². The Kier molecular flexibility index (Phi) is 7.62. The number of para-hydroxylation sites is 2. The van der Waals surface area contributed by atoms with E-state index in [0.29, 0.717) is 20.7 Å². The number of methoxy groups -OCH3 is 1. The Labute approximate surface area is 185 Å². The van der Waals surface area contributed by atoms with Gasteiger partial charge in [0.25, 0.3) is 5.91 Å². The lowest BCUT2D eigenvalue weighted by Gasteiger charge is -2.23. The van der Waals surface area contributed by atoms with Crippen molar-refractivity contribution >= 4 is 51.9 Å². The molecule has 0 saturated carbocycles. The van der Waals surface area contributed by atoms with E-state index in [1.165, 1.54) is 21.6 Å². The molecule has 0 bridgehead atoms. The lowest BCUT2D eigenvalue weighted by atomic mass is 10.2. The third-order valence-electron chi connectivity index (χ3n) is 4.54. The highest BCUT2D eigenvalue weighted by Crippen LogP contribution is 2.34. The Morgan fingerprint density at radius 1 is 1.20 bits per heavy atom. The van der Waals surface area contributed by atoms with Crippen LogP contribution in [-0.2, 0) is 9.59 Å². The number of benzene rings is 2. The minimum atomic E-state index is -0.225. The van der Waals surface area contributed by atoms with Crippen LogP contribution in [0.3, 0.4) is 0 Å². The monoisotopic (exact) mass is 442 g/mol. The average molecular weight is 443 g/mol. The van der Waals surface area contributed by atoms with Gasteiger partial charge >= 0.3 is 0 Å². The number of hydrogen-bond donors (Lipinski definition) is 1. The first kappa shape index (κ1) is 22.0. The lowest BCUT2D eigenvalue weighted by molar-refractivity contribution is -0.123. The molecular formula is C22H22N2O4S2. The minimum absolute atomic E-state index is 0.100. The van der Waals surface area contributed by atoms with Crippen LogP contribution in [0.15, 0.2) is 59.5 Å². The molecule has 2 amide bonds. The van der Waals surface area contributed by atoms with Gasteiger partial charge in [-0.15, -0.1) is 0 Å². The molecule has 8 heteroatoms. The molecule has 2 aromatic rings. The predicted octanol–water partition coefficient (Wildman–Crippen LogP) is 3.31. The van der Waals surface area contributed by atoms with Crippen LogP contribution in [0, 0.1) is 0 Å². The summed E-state index contributed by atoms with van der Waals surface area (Å²) in [7, 11) is 1.58. The fraction of sp³-hybridized carbons (Fsp3) is 0.227. The molecule has 156 valence electrons. The Morgan fingerprint density at radius 3 is 2.60 bits per heavy atom. The molecule has 2 aromatic carbocycles. The van der Waals surface area contributed by atoms with Gasteiger partial charge in [0.15, 0.2) is 0 Å². The van der Waals surface area contributed by atoms with E-state index in [9.17, 15) is 14.7 Å². The number of carbonyl (C=O) groups is 2. The van der Waals surface area contributed by atoms with Crippen LogP contribution in [0.1, 0.15) is 12.0 Å². The summed E-state index contributed by atoms with van der Waals surface area (Å²) in [5.41, 5.74) is 1.49. The maximum atomic E-state index is 12.8. The van der Waals surface area contributed by atoms with Crippen LogP contribution in [-0.4, -0.2) is 52.9 Å².